The normalized spacial score (nSPS) is 11.5. The van der Waals surface area contributed by atoms with Crippen LogP contribution < -0.4 is 14.3 Å². The molecule has 0 bridgehead atoms. The molecule has 0 spiro atoms. The summed E-state index contributed by atoms with van der Waals surface area (Å²) in [5.74, 6) is -0.618. The van der Waals surface area contributed by atoms with Crippen molar-refractivity contribution in [1.29, 1.82) is 0 Å². The van der Waals surface area contributed by atoms with Crippen molar-refractivity contribution in [3.63, 3.8) is 0 Å². The van der Waals surface area contributed by atoms with Gasteiger partial charge >= 0.3 is 0 Å². The maximum Gasteiger partial charge on any atom is 0.264 e. The first-order valence-electron chi connectivity index (χ1n) is 11.0. The molecule has 4 rings (SSSR count). The molecule has 190 valence electrons. The molecule has 0 saturated heterocycles. The molecule has 4 aromatic carbocycles. The van der Waals surface area contributed by atoms with E-state index in [9.17, 15) is 21.6 Å². The van der Waals surface area contributed by atoms with Gasteiger partial charge in [0.1, 0.15) is 6.54 Å². The van der Waals surface area contributed by atoms with Crippen molar-refractivity contribution in [3.8, 4) is 0 Å². The van der Waals surface area contributed by atoms with Gasteiger partial charge in [0.25, 0.3) is 20.0 Å². The van der Waals surface area contributed by atoms with E-state index < -0.39 is 32.5 Å². The van der Waals surface area contributed by atoms with Gasteiger partial charge in [-0.3, -0.25) is 13.8 Å². The van der Waals surface area contributed by atoms with E-state index in [1.54, 1.807) is 48.5 Å². The molecule has 0 aliphatic heterocycles. The summed E-state index contributed by atoms with van der Waals surface area (Å²) in [5, 5.41) is 3.04. The molecule has 0 radical (unpaired) electrons. The minimum atomic E-state index is -4.07. The number of carbonyl (C=O) groups excluding carboxylic acids is 1. The Kier molecular flexibility index (Phi) is 7.82. The highest BCUT2D eigenvalue weighted by atomic mass is 35.5. The highest BCUT2D eigenvalue weighted by Gasteiger charge is 2.27. The lowest BCUT2D eigenvalue weighted by Crippen LogP contribution is -2.38. The fraction of sp³-hybridized carbons (Fsp3) is 0.0385. The van der Waals surface area contributed by atoms with Crippen LogP contribution in [-0.4, -0.2) is 29.3 Å². The minimum absolute atomic E-state index is 0.00352. The summed E-state index contributed by atoms with van der Waals surface area (Å²) in [7, 11) is -7.90. The molecule has 8 nitrogen and oxygen atoms in total. The lowest BCUT2D eigenvalue weighted by atomic mass is 10.3. The van der Waals surface area contributed by atoms with Gasteiger partial charge in [-0.15, -0.1) is 0 Å². The fourth-order valence-electron chi connectivity index (χ4n) is 3.41. The summed E-state index contributed by atoms with van der Waals surface area (Å²) in [5.41, 5.74) is 0.982. The summed E-state index contributed by atoms with van der Waals surface area (Å²) in [4.78, 5) is 12.9. The van der Waals surface area contributed by atoms with Gasteiger partial charge in [-0.2, -0.15) is 0 Å². The Morgan fingerprint density at radius 2 is 1.24 bits per heavy atom. The molecule has 0 aromatic heterocycles. The van der Waals surface area contributed by atoms with E-state index >= 15 is 0 Å². The summed E-state index contributed by atoms with van der Waals surface area (Å²) in [6.07, 6.45) is 0. The number of rotatable bonds is 9. The van der Waals surface area contributed by atoms with Gasteiger partial charge < -0.3 is 5.32 Å². The Labute approximate surface area is 220 Å². The second-order valence-electron chi connectivity index (χ2n) is 7.85. The van der Waals surface area contributed by atoms with Crippen LogP contribution in [0.2, 0.25) is 5.02 Å². The van der Waals surface area contributed by atoms with Gasteiger partial charge in [-0.05, 0) is 72.8 Å². The maximum atomic E-state index is 13.4. The van der Waals surface area contributed by atoms with Gasteiger partial charge in [-0.25, -0.2) is 16.8 Å². The number of carbonyl (C=O) groups is 1. The second-order valence-corrected chi connectivity index (χ2v) is 11.8. The molecule has 2 N–H and O–H groups in total. The zero-order chi connectivity index (χ0) is 26.5. The van der Waals surface area contributed by atoms with Gasteiger partial charge in [-0.1, -0.05) is 48.0 Å². The molecule has 0 heterocycles. The van der Waals surface area contributed by atoms with Crippen LogP contribution in [0.4, 0.5) is 17.1 Å². The van der Waals surface area contributed by atoms with Crippen molar-refractivity contribution in [2.75, 3.05) is 20.9 Å². The molecule has 4 aromatic rings. The third-order valence-electron chi connectivity index (χ3n) is 5.21. The fourth-order valence-corrected chi connectivity index (χ4v) is 6.04. The Balaban J connectivity index is 1.52. The number of benzene rings is 4. The Morgan fingerprint density at radius 3 is 1.84 bits per heavy atom. The zero-order valence-electron chi connectivity index (χ0n) is 19.3. The van der Waals surface area contributed by atoms with E-state index in [0.29, 0.717) is 16.4 Å². The molecule has 0 atom stereocenters. The van der Waals surface area contributed by atoms with E-state index in [4.69, 9.17) is 11.6 Å². The predicted molar refractivity (Wildman–Crippen MR) is 145 cm³/mol. The van der Waals surface area contributed by atoms with Crippen molar-refractivity contribution in [2.24, 2.45) is 0 Å². The standard InChI is InChI=1S/C26H22ClN3O5S2/c27-20-11-15-23(16-12-20)30(37(34,35)25-9-5-2-6-10-25)19-26(31)28-21-13-17-24(18-14-21)36(32,33)29-22-7-3-1-4-8-22/h1-18,29H,19H2,(H,28,31). The number of hydrogen-bond donors (Lipinski definition) is 2. The Hall–Kier alpha value is -3.86. The van der Waals surface area contributed by atoms with E-state index in [0.717, 1.165) is 4.31 Å². The molecular formula is C26H22ClN3O5S2. The number of anilines is 3. The average Bonchev–Trinajstić information content (AvgIpc) is 2.89. The predicted octanol–water partition coefficient (Wildman–Crippen LogP) is 4.97. The maximum absolute atomic E-state index is 13.4. The highest BCUT2D eigenvalue weighted by molar-refractivity contribution is 7.93. The average molecular weight is 556 g/mol. The van der Waals surface area contributed by atoms with Gasteiger partial charge in [0.2, 0.25) is 5.91 Å². The molecule has 0 aliphatic carbocycles. The molecular weight excluding hydrogens is 534 g/mol. The van der Waals surface area contributed by atoms with Crippen LogP contribution in [0.5, 0.6) is 0 Å². The summed E-state index contributed by atoms with van der Waals surface area (Å²) >= 11 is 5.96. The van der Waals surface area contributed by atoms with Crippen molar-refractivity contribution in [2.45, 2.75) is 9.79 Å². The van der Waals surface area contributed by atoms with Crippen molar-refractivity contribution < 1.29 is 21.6 Å². The number of sulfonamides is 2. The van der Waals surface area contributed by atoms with E-state index in [-0.39, 0.29) is 15.5 Å². The first-order valence-corrected chi connectivity index (χ1v) is 14.3. The first kappa shape index (κ1) is 26.2. The lowest BCUT2D eigenvalue weighted by molar-refractivity contribution is -0.114. The van der Waals surface area contributed by atoms with Crippen LogP contribution in [-0.2, 0) is 24.8 Å². The third-order valence-corrected chi connectivity index (χ3v) is 8.64. The molecule has 37 heavy (non-hydrogen) atoms. The molecule has 0 aliphatic rings. The van der Waals surface area contributed by atoms with E-state index in [1.807, 2.05) is 0 Å². The third kappa shape index (κ3) is 6.48. The number of halogens is 1. The van der Waals surface area contributed by atoms with Gasteiger partial charge in [0, 0.05) is 16.4 Å². The summed E-state index contributed by atoms with van der Waals surface area (Å²) in [6.45, 7) is -0.519. The van der Waals surface area contributed by atoms with Crippen molar-refractivity contribution in [3.05, 3.63) is 114 Å². The number of nitrogens with one attached hydrogen (secondary N) is 2. The molecule has 0 saturated carbocycles. The number of para-hydroxylation sites is 1. The molecule has 1 amide bonds. The van der Waals surface area contributed by atoms with E-state index in [2.05, 4.69) is 10.0 Å². The SMILES string of the molecule is O=C(CN(c1ccc(Cl)cc1)S(=O)(=O)c1ccccc1)Nc1ccc(S(=O)(=O)Nc2ccccc2)cc1. The zero-order valence-corrected chi connectivity index (χ0v) is 21.7. The Bertz CT molecular complexity index is 1580. The number of amides is 1. The molecule has 11 heteroatoms. The topological polar surface area (TPSA) is 113 Å². The smallest absolute Gasteiger partial charge is 0.264 e. The highest BCUT2D eigenvalue weighted by Crippen LogP contribution is 2.25. The monoisotopic (exact) mass is 555 g/mol. The summed E-state index contributed by atoms with van der Waals surface area (Å²) in [6, 6.07) is 27.8. The molecule has 0 unspecified atom stereocenters. The lowest BCUT2D eigenvalue weighted by Gasteiger charge is -2.24. The van der Waals surface area contributed by atoms with Crippen LogP contribution in [0.1, 0.15) is 0 Å². The van der Waals surface area contributed by atoms with Crippen LogP contribution in [0, 0.1) is 0 Å². The molecule has 0 fully saturated rings. The van der Waals surface area contributed by atoms with Crippen molar-refractivity contribution in [1.82, 2.24) is 0 Å². The van der Waals surface area contributed by atoms with E-state index in [1.165, 1.54) is 60.7 Å². The van der Waals surface area contributed by atoms with Gasteiger partial charge in [0.05, 0.1) is 15.5 Å². The van der Waals surface area contributed by atoms with Crippen LogP contribution in [0.3, 0.4) is 0 Å². The van der Waals surface area contributed by atoms with Crippen LogP contribution in [0.15, 0.2) is 119 Å². The quantitative estimate of drug-likeness (QED) is 0.302. The number of hydrogen-bond acceptors (Lipinski definition) is 5. The number of nitrogens with zero attached hydrogens (tertiary/aromatic N) is 1. The largest absolute Gasteiger partial charge is 0.325 e. The van der Waals surface area contributed by atoms with Crippen LogP contribution in [0.25, 0.3) is 0 Å². The summed E-state index contributed by atoms with van der Waals surface area (Å²) < 4.78 is 55.4. The minimum Gasteiger partial charge on any atom is -0.325 e. The van der Waals surface area contributed by atoms with Gasteiger partial charge in [0.15, 0.2) is 0 Å². The second kappa shape index (κ2) is 11.0. The van der Waals surface area contributed by atoms with Crippen LogP contribution >= 0.6 is 11.6 Å². The van der Waals surface area contributed by atoms with Crippen molar-refractivity contribution >= 4 is 54.6 Å². The Morgan fingerprint density at radius 1 is 0.676 bits per heavy atom. The first-order chi connectivity index (χ1) is 17.6.